The minimum atomic E-state index is -1.08. The summed E-state index contributed by atoms with van der Waals surface area (Å²) in [7, 11) is 0. The lowest BCUT2D eigenvalue weighted by Gasteiger charge is -2.32. The predicted octanol–water partition coefficient (Wildman–Crippen LogP) is 20.1. The van der Waals surface area contributed by atoms with Gasteiger partial charge in [-0.05, 0) is 164 Å². The molecular weight excluding hydrogens is 1260 g/mol. The highest BCUT2D eigenvalue weighted by molar-refractivity contribution is 6.18. The number of carbonyl (C=O) groups is 3. The number of nitrogens with zero attached hydrogens (tertiary/aromatic N) is 3. The normalized spacial score (nSPS) is 12.2. The van der Waals surface area contributed by atoms with Crippen molar-refractivity contribution in [3.05, 3.63) is 198 Å². The summed E-state index contributed by atoms with van der Waals surface area (Å²) in [6, 6.07) is 43.9. The van der Waals surface area contributed by atoms with Crippen molar-refractivity contribution in [1.29, 1.82) is 15.8 Å². The number of halogens is 3. The summed E-state index contributed by atoms with van der Waals surface area (Å²) in [5.74, 6) is -1.10. The molecule has 6 rings (SSSR count). The number of hydrogen-bond donors (Lipinski definition) is 0. The van der Waals surface area contributed by atoms with Crippen molar-refractivity contribution in [2.45, 2.75) is 173 Å². The number of rotatable bonds is 49. The van der Waals surface area contributed by atoms with Crippen LogP contribution in [0.1, 0.15) is 201 Å². The SMILES string of the molecule is CCC(OCCCCCCCCCCOc1ccc(C(=CF)C(=O)Oc2ccc(C#N)cc2)cc1)(OCCCCCCCCCCOc1ccc(C(=CF)C(=O)Oc2ccc(C#N)cc2)cc1)OCCCCCCCCCCOc1ccc(C(=CF)C(=O)Oc2ccc(C#N)cc2)cc1. The molecule has 0 aliphatic rings. The van der Waals surface area contributed by atoms with Crippen LogP contribution in [0.4, 0.5) is 13.2 Å². The Labute approximate surface area is 581 Å². The Hall–Kier alpha value is -9.51. The van der Waals surface area contributed by atoms with E-state index < -0.39 is 23.9 Å². The van der Waals surface area contributed by atoms with E-state index in [1.807, 2.05) is 18.2 Å². The monoisotopic (exact) mass is 1360 g/mol. The Morgan fingerprint density at radius 1 is 0.313 bits per heavy atom. The molecule has 0 aromatic heterocycles. The molecule has 0 saturated carbocycles. The zero-order chi connectivity index (χ0) is 70.4. The fourth-order valence-electron chi connectivity index (χ4n) is 10.6. The zero-order valence-corrected chi connectivity index (χ0v) is 56.9. The number of ether oxygens (including phenoxy) is 9. The first-order valence-electron chi connectivity index (χ1n) is 34.7. The van der Waals surface area contributed by atoms with Crippen molar-refractivity contribution in [2.75, 3.05) is 39.6 Å². The molecule has 0 radical (unpaired) electrons. The Morgan fingerprint density at radius 2 is 0.515 bits per heavy atom. The highest BCUT2D eigenvalue weighted by Crippen LogP contribution is 2.28. The van der Waals surface area contributed by atoms with Crippen LogP contribution in [0.3, 0.4) is 0 Å². The Balaban J connectivity index is 0.820. The molecule has 15 nitrogen and oxygen atoms in total. The molecule has 0 fully saturated rings. The van der Waals surface area contributed by atoms with Gasteiger partial charge in [-0.3, -0.25) is 0 Å². The zero-order valence-electron chi connectivity index (χ0n) is 56.9. The molecule has 6 aromatic rings. The van der Waals surface area contributed by atoms with E-state index in [9.17, 15) is 27.6 Å². The van der Waals surface area contributed by atoms with Gasteiger partial charge in [0, 0.05) is 6.42 Å². The van der Waals surface area contributed by atoms with Crippen molar-refractivity contribution < 1.29 is 70.2 Å². The highest BCUT2D eigenvalue weighted by Gasteiger charge is 2.31. The van der Waals surface area contributed by atoms with Crippen molar-refractivity contribution in [1.82, 2.24) is 0 Å². The molecule has 0 spiro atoms. The van der Waals surface area contributed by atoms with Gasteiger partial charge in [-0.1, -0.05) is 159 Å². The van der Waals surface area contributed by atoms with Gasteiger partial charge in [-0.25, -0.2) is 27.6 Å². The molecule has 0 N–H and O–H groups in total. The second-order valence-corrected chi connectivity index (χ2v) is 23.8. The fourth-order valence-corrected chi connectivity index (χ4v) is 10.6. The van der Waals surface area contributed by atoms with Gasteiger partial charge < -0.3 is 42.6 Å². The molecule has 524 valence electrons. The molecular formula is C81H92F3N3O12. The molecule has 0 unspecified atom stereocenters. The minimum Gasteiger partial charge on any atom is -0.494 e. The van der Waals surface area contributed by atoms with Crippen LogP contribution in [0, 0.1) is 34.0 Å². The Morgan fingerprint density at radius 3 is 0.717 bits per heavy atom. The standard InChI is InChI=1S/C81H92F3N3O12/c1-2-81(94-54-24-18-12-6-3-9-15-21-51-91-69-45-33-66(34-46-69)75(57-82)78(88)97-72-39-27-63(60-85)28-40-72,95-55-25-19-13-7-4-10-16-22-52-92-70-47-35-67(36-48-70)76(58-83)79(89)98-73-41-29-64(61-86)30-42-73)96-56-26-20-14-8-5-11-17-23-53-93-71-49-37-68(38-50-71)77(59-84)80(90)99-74-43-31-65(62-87)32-44-74/h27-50,57-59H,2-26,51-56H2,1H3. The summed E-state index contributed by atoms with van der Waals surface area (Å²) in [6.07, 6.45) is 26.3. The Bertz CT molecular complexity index is 3190. The van der Waals surface area contributed by atoms with E-state index >= 15 is 0 Å². The third-order valence-electron chi connectivity index (χ3n) is 16.4. The molecule has 99 heavy (non-hydrogen) atoms. The lowest BCUT2D eigenvalue weighted by Crippen LogP contribution is -2.39. The van der Waals surface area contributed by atoms with Crippen LogP contribution in [-0.4, -0.2) is 63.5 Å². The fraction of sp³-hybridized carbons (Fsp3) is 0.407. The maximum atomic E-state index is 13.8. The molecule has 0 aliphatic carbocycles. The molecule has 0 atom stereocenters. The van der Waals surface area contributed by atoms with Crippen LogP contribution in [-0.2, 0) is 28.6 Å². The van der Waals surface area contributed by atoms with E-state index in [-0.39, 0.29) is 53.0 Å². The van der Waals surface area contributed by atoms with Crippen LogP contribution in [0.25, 0.3) is 16.7 Å². The van der Waals surface area contributed by atoms with Crippen LogP contribution >= 0.6 is 0 Å². The van der Waals surface area contributed by atoms with E-state index in [1.165, 1.54) is 72.8 Å². The smallest absolute Gasteiger partial charge is 0.346 e. The highest BCUT2D eigenvalue weighted by atomic mass is 19.1. The van der Waals surface area contributed by atoms with Crippen LogP contribution in [0.15, 0.2) is 165 Å². The van der Waals surface area contributed by atoms with Crippen molar-refractivity contribution in [3.8, 4) is 52.7 Å². The molecule has 6 aromatic carbocycles. The maximum absolute atomic E-state index is 13.8. The second-order valence-electron chi connectivity index (χ2n) is 23.8. The first-order chi connectivity index (χ1) is 48.5. The van der Waals surface area contributed by atoms with Gasteiger partial charge in [0.05, 0.1) is 91.3 Å². The topological polar surface area (TPSA) is 206 Å². The first-order valence-corrected chi connectivity index (χ1v) is 34.7. The van der Waals surface area contributed by atoms with Gasteiger partial charge in [0.25, 0.3) is 5.97 Å². The second kappa shape index (κ2) is 46.7. The number of carbonyl (C=O) groups excluding carboxylic acids is 3. The lowest BCUT2D eigenvalue weighted by atomic mass is 10.1. The average Bonchev–Trinajstić information content (AvgIpc) is 0.910. The van der Waals surface area contributed by atoms with E-state index in [1.54, 1.807) is 72.8 Å². The van der Waals surface area contributed by atoms with Crippen molar-refractivity contribution in [3.63, 3.8) is 0 Å². The first kappa shape index (κ1) is 78.5. The van der Waals surface area contributed by atoms with Gasteiger partial charge in [-0.2, -0.15) is 15.8 Å². The van der Waals surface area contributed by atoms with Crippen LogP contribution in [0.5, 0.6) is 34.5 Å². The molecule has 0 amide bonds. The molecule has 18 heteroatoms. The summed E-state index contributed by atoms with van der Waals surface area (Å²) in [4.78, 5) is 38.0. The summed E-state index contributed by atoms with van der Waals surface area (Å²) < 4.78 is 94.6. The van der Waals surface area contributed by atoms with Crippen molar-refractivity contribution in [2.24, 2.45) is 0 Å². The van der Waals surface area contributed by atoms with Gasteiger partial charge in [-0.15, -0.1) is 0 Å². The number of unbranched alkanes of at least 4 members (excludes halogenated alkanes) is 21. The lowest BCUT2D eigenvalue weighted by molar-refractivity contribution is -0.382. The summed E-state index contributed by atoms with van der Waals surface area (Å²) in [5, 5.41) is 27.0. The van der Waals surface area contributed by atoms with Gasteiger partial charge in [0.1, 0.15) is 53.5 Å². The maximum Gasteiger partial charge on any atom is 0.346 e. The third kappa shape index (κ3) is 29.6. The number of esters is 3. The molecule has 0 bridgehead atoms. The summed E-state index contributed by atoms with van der Waals surface area (Å²) in [5.41, 5.74) is 1.66. The molecule has 0 saturated heterocycles. The van der Waals surface area contributed by atoms with Crippen LogP contribution < -0.4 is 28.4 Å². The van der Waals surface area contributed by atoms with Crippen LogP contribution in [0.2, 0.25) is 0 Å². The van der Waals surface area contributed by atoms with E-state index in [2.05, 4.69) is 6.92 Å². The minimum absolute atomic E-state index is 0.209. The van der Waals surface area contributed by atoms with Crippen molar-refractivity contribution >= 4 is 34.6 Å². The summed E-state index contributed by atoms with van der Waals surface area (Å²) >= 11 is 0. The number of hydrogen-bond acceptors (Lipinski definition) is 15. The largest absolute Gasteiger partial charge is 0.494 e. The van der Waals surface area contributed by atoms with E-state index in [0.29, 0.717) is 96.7 Å². The summed E-state index contributed by atoms with van der Waals surface area (Å²) in [6.45, 7) is 5.35. The number of benzene rings is 6. The van der Waals surface area contributed by atoms with Gasteiger partial charge in [0.2, 0.25) is 0 Å². The molecule has 0 heterocycles. The predicted molar refractivity (Wildman–Crippen MR) is 375 cm³/mol. The van der Waals surface area contributed by atoms with Gasteiger partial charge >= 0.3 is 17.9 Å². The molecule has 0 aliphatic heterocycles. The van der Waals surface area contributed by atoms with E-state index in [4.69, 9.17) is 58.4 Å². The quantitative estimate of drug-likeness (QED) is 0.0114. The third-order valence-corrected chi connectivity index (χ3v) is 16.4. The van der Waals surface area contributed by atoms with Gasteiger partial charge in [0.15, 0.2) is 0 Å². The average molecular weight is 1360 g/mol. The number of nitriles is 3. The van der Waals surface area contributed by atoms with E-state index in [0.717, 1.165) is 154 Å². The Kier molecular flexibility index (Phi) is 37.0.